The highest BCUT2D eigenvalue weighted by Crippen LogP contribution is 2.29. The minimum atomic E-state index is -0.289. The third-order valence-electron chi connectivity index (χ3n) is 4.67. The number of hydrogen-bond donors (Lipinski definition) is 2. The standard InChI is InChI=1S/C24H22BrClN2O3/c1-2-31-22(29)15-27-23(16-7-4-3-5-8-16)20-14-18(25)11-12-21(20)28-24(30)17-9-6-10-19(26)13-17/h3-14,23,27H,2,15H2,1H3,(H,28,30)/p+1. The predicted molar refractivity (Wildman–Crippen MR) is 125 cm³/mol. The van der Waals surface area contributed by atoms with E-state index >= 15 is 0 Å². The first-order valence-electron chi connectivity index (χ1n) is 9.88. The van der Waals surface area contributed by atoms with Gasteiger partial charge in [-0.2, -0.15) is 0 Å². The molecule has 0 heterocycles. The summed E-state index contributed by atoms with van der Waals surface area (Å²) >= 11 is 9.56. The Balaban J connectivity index is 1.95. The zero-order chi connectivity index (χ0) is 22.2. The summed E-state index contributed by atoms with van der Waals surface area (Å²) in [6.07, 6.45) is 0. The second-order valence-corrected chi connectivity index (χ2v) is 8.18. The number of quaternary nitrogens is 1. The molecule has 31 heavy (non-hydrogen) atoms. The molecule has 0 aliphatic carbocycles. The van der Waals surface area contributed by atoms with Gasteiger partial charge in [0.15, 0.2) is 6.54 Å². The number of carbonyl (C=O) groups excluding carboxylic acids is 2. The van der Waals surface area contributed by atoms with Gasteiger partial charge in [-0.3, -0.25) is 4.79 Å². The Morgan fingerprint density at radius 3 is 2.55 bits per heavy atom. The summed E-state index contributed by atoms with van der Waals surface area (Å²) in [5, 5.41) is 5.39. The molecule has 0 aromatic heterocycles. The number of hydrogen-bond acceptors (Lipinski definition) is 3. The van der Waals surface area contributed by atoms with Gasteiger partial charge >= 0.3 is 5.97 Å². The average molecular weight is 503 g/mol. The summed E-state index contributed by atoms with van der Waals surface area (Å²) in [6, 6.07) is 22.0. The van der Waals surface area contributed by atoms with Crippen molar-refractivity contribution in [1.29, 1.82) is 0 Å². The monoisotopic (exact) mass is 501 g/mol. The van der Waals surface area contributed by atoms with Gasteiger partial charge in [-0.15, -0.1) is 0 Å². The molecule has 0 saturated heterocycles. The quantitative estimate of drug-likeness (QED) is 0.443. The van der Waals surface area contributed by atoms with Gasteiger partial charge in [-0.05, 0) is 43.3 Å². The van der Waals surface area contributed by atoms with E-state index in [4.69, 9.17) is 16.3 Å². The normalized spacial score (nSPS) is 11.6. The molecule has 1 unspecified atom stereocenters. The van der Waals surface area contributed by atoms with Crippen molar-refractivity contribution in [2.75, 3.05) is 18.5 Å². The van der Waals surface area contributed by atoms with Crippen LogP contribution < -0.4 is 10.6 Å². The number of carbonyl (C=O) groups is 2. The molecule has 0 aliphatic rings. The van der Waals surface area contributed by atoms with Crippen molar-refractivity contribution in [2.45, 2.75) is 13.0 Å². The maximum atomic E-state index is 12.8. The highest BCUT2D eigenvalue weighted by Gasteiger charge is 2.24. The summed E-state index contributed by atoms with van der Waals surface area (Å²) in [5.41, 5.74) is 2.98. The summed E-state index contributed by atoms with van der Waals surface area (Å²) in [7, 11) is 0. The Morgan fingerprint density at radius 2 is 1.84 bits per heavy atom. The van der Waals surface area contributed by atoms with Crippen LogP contribution in [0.1, 0.15) is 34.5 Å². The van der Waals surface area contributed by atoms with Crippen LogP contribution in [-0.2, 0) is 9.53 Å². The third kappa shape index (κ3) is 6.40. The molecule has 1 amide bonds. The van der Waals surface area contributed by atoms with Crippen LogP contribution in [0.2, 0.25) is 5.02 Å². The fourth-order valence-corrected chi connectivity index (χ4v) is 3.83. The van der Waals surface area contributed by atoms with Gasteiger partial charge in [0.1, 0.15) is 6.04 Å². The van der Waals surface area contributed by atoms with E-state index < -0.39 is 0 Å². The molecule has 3 N–H and O–H groups in total. The average Bonchev–Trinajstić information content (AvgIpc) is 2.76. The van der Waals surface area contributed by atoms with Crippen LogP contribution in [-0.4, -0.2) is 25.0 Å². The Hall–Kier alpha value is -2.67. The molecule has 0 saturated carbocycles. The summed E-state index contributed by atoms with van der Waals surface area (Å²) < 4.78 is 5.96. The first-order chi connectivity index (χ1) is 15.0. The molecule has 1 atom stereocenters. The lowest BCUT2D eigenvalue weighted by Crippen LogP contribution is -2.87. The Morgan fingerprint density at radius 1 is 1.06 bits per heavy atom. The molecule has 5 nitrogen and oxygen atoms in total. The molecule has 0 fully saturated rings. The smallest absolute Gasteiger partial charge is 0.361 e. The van der Waals surface area contributed by atoms with Crippen molar-refractivity contribution in [3.63, 3.8) is 0 Å². The zero-order valence-corrected chi connectivity index (χ0v) is 19.3. The fraction of sp³-hybridized carbons (Fsp3) is 0.167. The maximum Gasteiger partial charge on any atom is 0.361 e. The number of ether oxygens (including phenoxy) is 1. The van der Waals surface area contributed by atoms with Crippen LogP contribution in [0.4, 0.5) is 5.69 Å². The number of halogens is 2. The van der Waals surface area contributed by atoms with E-state index in [-0.39, 0.29) is 24.5 Å². The van der Waals surface area contributed by atoms with Gasteiger partial charge in [-0.1, -0.05) is 63.9 Å². The molecule has 3 aromatic carbocycles. The Kier molecular flexibility index (Phi) is 8.23. The molecule has 0 bridgehead atoms. The largest absolute Gasteiger partial charge is 0.462 e. The molecule has 0 aliphatic heterocycles. The second kappa shape index (κ2) is 11.1. The van der Waals surface area contributed by atoms with Gasteiger partial charge in [0, 0.05) is 26.2 Å². The zero-order valence-electron chi connectivity index (χ0n) is 17.0. The van der Waals surface area contributed by atoms with Gasteiger partial charge < -0.3 is 15.4 Å². The van der Waals surface area contributed by atoms with Crippen LogP contribution in [0.15, 0.2) is 77.3 Å². The van der Waals surface area contributed by atoms with Crippen LogP contribution in [0.3, 0.4) is 0 Å². The van der Waals surface area contributed by atoms with Crippen LogP contribution in [0.25, 0.3) is 0 Å². The van der Waals surface area contributed by atoms with E-state index in [9.17, 15) is 9.59 Å². The number of rotatable bonds is 8. The van der Waals surface area contributed by atoms with Crippen molar-refractivity contribution in [2.24, 2.45) is 0 Å². The summed E-state index contributed by atoms with van der Waals surface area (Å²) in [6.45, 7) is 2.27. The lowest BCUT2D eigenvalue weighted by atomic mass is 9.96. The van der Waals surface area contributed by atoms with Crippen molar-refractivity contribution in [1.82, 2.24) is 0 Å². The maximum absolute atomic E-state index is 12.8. The number of anilines is 1. The van der Waals surface area contributed by atoms with E-state index in [1.165, 1.54) is 0 Å². The number of esters is 1. The minimum absolute atomic E-state index is 0.154. The molecule has 160 valence electrons. The third-order valence-corrected chi connectivity index (χ3v) is 5.40. The summed E-state index contributed by atoms with van der Waals surface area (Å²) in [4.78, 5) is 24.9. The molecule has 7 heteroatoms. The van der Waals surface area contributed by atoms with E-state index in [0.29, 0.717) is 22.9 Å². The van der Waals surface area contributed by atoms with Gasteiger partial charge in [0.05, 0.1) is 12.3 Å². The number of nitrogens with one attached hydrogen (secondary N) is 1. The molecular formula is C24H23BrClN2O3+. The second-order valence-electron chi connectivity index (χ2n) is 6.83. The van der Waals surface area contributed by atoms with Crippen LogP contribution in [0, 0.1) is 0 Å². The van der Waals surface area contributed by atoms with Crippen molar-refractivity contribution in [3.05, 3.63) is 99.0 Å². The SMILES string of the molecule is CCOC(=O)C[NH2+]C(c1ccccc1)c1cc(Br)ccc1NC(=O)c1cccc(Cl)c1. The predicted octanol–water partition coefficient (Wildman–Crippen LogP) is 4.57. The van der Waals surface area contributed by atoms with E-state index in [2.05, 4.69) is 21.2 Å². The lowest BCUT2D eigenvalue weighted by molar-refractivity contribution is -0.677. The number of benzene rings is 3. The van der Waals surface area contributed by atoms with E-state index in [0.717, 1.165) is 15.6 Å². The van der Waals surface area contributed by atoms with Crippen molar-refractivity contribution < 1.29 is 19.6 Å². The number of amides is 1. The first-order valence-corrected chi connectivity index (χ1v) is 11.0. The molecular weight excluding hydrogens is 480 g/mol. The van der Waals surface area contributed by atoms with Crippen LogP contribution >= 0.6 is 27.5 Å². The topological polar surface area (TPSA) is 72.0 Å². The molecule has 3 rings (SSSR count). The molecule has 0 spiro atoms. The van der Waals surface area contributed by atoms with Crippen molar-refractivity contribution >= 4 is 45.1 Å². The highest BCUT2D eigenvalue weighted by molar-refractivity contribution is 9.10. The summed E-state index contributed by atoms with van der Waals surface area (Å²) in [5.74, 6) is -0.550. The highest BCUT2D eigenvalue weighted by atomic mass is 79.9. The van der Waals surface area contributed by atoms with Gasteiger partial charge in [-0.25, -0.2) is 4.79 Å². The minimum Gasteiger partial charge on any atom is -0.462 e. The van der Waals surface area contributed by atoms with E-state index in [1.54, 1.807) is 31.2 Å². The number of nitrogens with two attached hydrogens (primary N) is 1. The van der Waals surface area contributed by atoms with Crippen LogP contribution in [0.5, 0.6) is 0 Å². The van der Waals surface area contributed by atoms with Gasteiger partial charge in [0.25, 0.3) is 5.91 Å². The van der Waals surface area contributed by atoms with E-state index in [1.807, 2.05) is 53.8 Å². The lowest BCUT2D eigenvalue weighted by Gasteiger charge is -2.20. The molecule has 3 aromatic rings. The van der Waals surface area contributed by atoms with Crippen molar-refractivity contribution in [3.8, 4) is 0 Å². The van der Waals surface area contributed by atoms with Gasteiger partial charge in [0.2, 0.25) is 0 Å². The Bertz CT molecular complexity index is 1060. The fourth-order valence-electron chi connectivity index (χ4n) is 3.27. The molecule has 0 radical (unpaired) electrons. The Labute approximate surface area is 194 Å². The first kappa shape index (κ1) is 23.0.